The van der Waals surface area contributed by atoms with E-state index in [2.05, 4.69) is 5.32 Å². The maximum atomic E-state index is 13.0. The minimum absolute atomic E-state index is 0.273. The van der Waals surface area contributed by atoms with Crippen LogP contribution in [0.5, 0.6) is 5.75 Å². The van der Waals surface area contributed by atoms with Gasteiger partial charge in [0, 0.05) is 18.1 Å². The molecule has 1 aliphatic rings. The molecule has 0 radical (unpaired) electrons. The zero-order chi connectivity index (χ0) is 19.4. The van der Waals surface area contributed by atoms with Gasteiger partial charge in [0.2, 0.25) is 0 Å². The lowest BCUT2D eigenvalue weighted by Gasteiger charge is -2.12. The van der Waals surface area contributed by atoms with Gasteiger partial charge < -0.3 is 10.1 Å². The molecule has 148 valence electrons. The summed E-state index contributed by atoms with van der Waals surface area (Å²) in [5.74, 6) is 1.52. The summed E-state index contributed by atoms with van der Waals surface area (Å²) in [6.07, 6.45) is 6.97. The molecule has 1 aliphatic carbocycles. The molecule has 6 heteroatoms. The van der Waals surface area contributed by atoms with Gasteiger partial charge in [-0.25, -0.2) is 12.4 Å². The van der Waals surface area contributed by atoms with E-state index in [1.807, 2.05) is 12.1 Å². The van der Waals surface area contributed by atoms with Crippen molar-refractivity contribution >= 4 is 20.9 Å². The van der Waals surface area contributed by atoms with E-state index in [-0.39, 0.29) is 4.90 Å². The van der Waals surface area contributed by atoms with Crippen LogP contribution in [0.4, 0.5) is 0 Å². The Labute approximate surface area is 166 Å². The highest BCUT2D eigenvalue weighted by Crippen LogP contribution is 2.29. The normalized spacial score (nSPS) is 15.3. The second kappa shape index (κ2) is 8.37. The number of ether oxygens (including phenoxy) is 1. The Morgan fingerprint density at radius 3 is 2.57 bits per heavy atom. The Hall–Kier alpha value is -2.31. The summed E-state index contributed by atoms with van der Waals surface area (Å²) in [4.78, 5) is 0.273. The molecule has 0 saturated heterocycles. The van der Waals surface area contributed by atoms with Crippen LogP contribution in [-0.4, -0.2) is 32.1 Å². The Bertz CT molecular complexity index is 1020. The number of aromatic nitrogens is 1. The molecule has 1 heterocycles. The zero-order valence-electron chi connectivity index (χ0n) is 15.9. The molecule has 0 aliphatic heterocycles. The average molecular weight is 399 g/mol. The predicted octanol–water partition coefficient (Wildman–Crippen LogP) is 4.04. The Morgan fingerprint density at radius 2 is 1.79 bits per heavy atom. The van der Waals surface area contributed by atoms with Crippen molar-refractivity contribution in [3.8, 4) is 5.75 Å². The van der Waals surface area contributed by atoms with E-state index in [4.69, 9.17) is 4.74 Å². The fourth-order valence-electron chi connectivity index (χ4n) is 3.91. The molecule has 1 aromatic heterocycles. The zero-order valence-corrected chi connectivity index (χ0v) is 16.7. The van der Waals surface area contributed by atoms with Crippen LogP contribution in [-0.2, 0) is 10.0 Å². The van der Waals surface area contributed by atoms with E-state index in [1.165, 1.54) is 29.7 Å². The smallest absolute Gasteiger partial charge is 0.268 e. The maximum absolute atomic E-state index is 13.0. The first kappa shape index (κ1) is 19.0. The molecule has 0 unspecified atom stereocenters. The molecule has 0 atom stereocenters. The number of hydrogen-bond acceptors (Lipinski definition) is 4. The second-order valence-corrected chi connectivity index (χ2v) is 9.14. The first-order chi connectivity index (χ1) is 13.7. The van der Waals surface area contributed by atoms with Crippen molar-refractivity contribution in [2.24, 2.45) is 5.92 Å². The van der Waals surface area contributed by atoms with Gasteiger partial charge in [-0.2, -0.15) is 0 Å². The predicted molar refractivity (Wildman–Crippen MR) is 111 cm³/mol. The Morgan fingerprint density at radius 1 is 1.00 bits per heavy atom. The van der Waals surface area contributed by atoms with Crippen LogP contribution in [0.3, 0.4) is 0 Å². The van der Waals surface area contributed by atoms with Crippen LogP contribution < -0.4 is 10.1 Å². The van der Waals surface area contributed by atoms with Crippen molar-refractivity contribution in [2.75, 3.05) is 19.7 Å². The van der Waals surface area contributed by atoms with E-state index in [0.717, 1.165) is 24.4 Å². The number of hydrogen-bond donors (Lipinski definition) is 1. The second-order valence-electron chi connectivity index (χ2n) is 7.32. The van der Waals surface area contributed by atoms with Crippen LogP contribution >= 0.6 is 0 Å². The van der Waals surface area contributed by atoms with E-state index >= 15 is 0 Å². The Kier molecular flexibility index (Phi) is 5.69. The maximum Gasteiger partial charge on any atom is 0.268 e. The van der Waals surface area contributed by atoms with Crippen molar-refractivity contribution in [1.82, 2.24) is 9.29 Å². The summed E-state index contributed by atoms with van der Waals surface area (Å²) in [5, 5.41) is 4.27. The standard InChI is InChI=1S/C22H26N2O3S/c25-28(26,19-9-2-1-3-10-19)24-15-13-20-21(24)11-6-12-22(20)27-16-14-23-17-18-7-4-5-8-18/h1-3,6,9-13,15,18,23H,4-5,7-8,14,16-17H2. The Balaban J connectivity index is 1.46. The van der Waals surface area contributed by atoms with E-state index in [1.54, 1.807) is 48.7 Å². The summed E-state index contributed by atoms with van der Waals surface area (Å²) in [6.45, 7) is 2.40. The fraction of sp³-hybridized carbons (Fsp3) is 0.364. The topological polar surface area (TPSA) is 60.3 Å². The molecule has 1 saturated carbocycles. The largest absolute Gasteiger partial charge is 0.492 e. The molecule has 1 N–H and O–H groups in total. The molecule has 0 bridgehead atoms. The molecule has 2 aromatic carbocycles. The summed E-state index contributed by atoms with van der Waals surface area (Å²) < 4.78 is 33.2. The molecule has 5 nitrogen and oxygen atoms in total. The summed E-state index contributed by atoms with van der Waals surface area (Å²) in [7, 11) is -3.63. The highest BCUT2D eigenvalue weighted by molar-refractivity contribution is 7.90. The van der Waals surface area contributed by atoms with Gasteiger partial charge in [0.15, 0.2) is 0 Å². The van der Waals surface area contributed by atoms with Crippen molar-refractivity contribution < 1.29 is 13.2 Å². The summed E-state index contributed by atoms with van der Waals surface area (Å²) in [5.41, 5.74) is 0.625. The first-order valence-electron chi connectivity index (χ1n) is 9.90. The lowest BCUT2D eigenvalue weighted by molar-refractivity contribution is 0.312. The average Bonchev–Trinajstić information content (AvgIpc) is 3.38. The molecular weight excluding hydrogens is 372 g/mol. The monoisotopic (exact) mass is 398 g/mol. The molecule has 0 spiro atoms. The van der Waals surface area contributed by atoms with Crippen LogP contribution in [0.2, 0.25) is 0 Å². The van der Waals surface area contributed by atoms with Gasteiger partial charge in [-0.15, -0.1) is 0 Å². The molecule has 4 rings (SSSR count). The fourth-order valence-corrected chi connectivity index (χ4v) is 5.28. The molecule has 1 fully saturated rings. The third-order valence-corrected chi connectivity index (χ3v) is 7.11. The van der Waals surface area contributed by atoms with Gasteiger partial charge in [0.05, 0.1) is 10.4 Å². The number of nitrogens with one attached hydrogen (secondary N) is 1. The number of fused-ring (bicyclic) bond motifs is 1. The third-order valence-electron chi connectivity index (χ3n) is 5.40. The van der Waals surface area contributed by atoms with Gasteiger partial charge in [0.25, 0.3) is 10.0 Å². The van der Waals surface area contributed by atoms with Gasteiger partial charge in [-0.05, 0) is 55.6 Å². The van der Waals surface area contributed by atoms with E-state index in [9.17, 15) is 8.42 Å². The van der Waals surface area contributed by atoms with E-state index < -0.39 is 10.0 Å². The highest BCUT2D eigenvalue weighted by atomic mass is 32.2. The van der Waals surface area contributed by atoms with Gasteiger partial charge in [-0.1, -0.05) is 37.1 Å². The minimum atomic E-state index is -3.63. The lowest BCUT2D eigenvalue weighted by Crippen LogP contribution is -2.26. The molecule has 0 amide bonds. The summed E-state index contributed by atoms with van der Waals surface area (Å²) in [6, 6.07) is 15.8. The van der Waals surface area contributed by atoms with Crippen LogP contribution in [0.25, 0.3) is 10.9 Å². The van der Waals surface area contributed by atoms with Gasteiger partial charge in [0.1, 0.15) is 12.4 Å². The van der Waals surface area contributed by atoms with Crippen molar-refractivity contribution in [1.29, 1.82) is 0 Å². The third kappa shape index (κ3) is 3.93. The quantitative estimate of drug-likeness (QED) is 0.582. The lowest BCUT2D eigenvalue weighted by atomic mass is 10.1. The molecule has 3 aromatic rings. The van der Waals surface area contributed by atoms with E-state index in [0.29, 0.717) is 17.9 Å². The highest BCUT2D eigenvalue weighted by Gasteiger charge is 2.19. The van der Waals surface area contributed by atoms with Gasteiger partial charge in [-0.3, -0.25) is 0 Å². The van der Waals surface area contributed by atoms with Crippen LogP contribution in [0.1, 0.15) is 25.7 Å². The van der Waals surface area contributed by atoms with Crippen LogP contribution in [0, 0.1) is 5.92 Å². The van der Waals surface area contributed by atoms with Crippen molar-refractivity contribution in [3.63, 3.8) is 0 Å². The number of nitrogens with zero attached hydrogens (tertiary/aromatic N) is 1. The summed E-state index contributed by atoms with van der Waals surface area (Å²) >= 11 is 0. The number of rotatable bonds is 8. The van der Waals surface area contributed by atoms with Crippen molar-refractivity contribution in [2.45, 2.75) is 30.6 Å². The molecular formula is C22H26N2O3S. The van der Waals surface area contributed by atoms with Crippen molar-refractivity contribution in [3.05, 3.63) is 60.8 Å². The molecule has 28 heavy (non-hydrogen) atoms. The van der Waals surface area contributed by atoms with Crippen LogP contribution in [0.15, 0.2) is 65.7 Å². The first-order valence-corrected chi connectivity index (χ1v) is 11.3. The van der Waals surface area contributed by atoms with Gasteiger partial charge >= 0.3 is 0 Å². The number of benzene rings is 2. The SMILES string of the molecule is O=S(=O)(c1ccccc1)n1ccc2c(OCCNCC3CCCC3)cccc21. The minimum Gasteiger partial charge on any atom is -0.492 e.